The maximum Gasteiger partial charge on any atom is 0.414 e. The fourth-order valence-corrected chi connectivity index (χ4v) is 6.51. The summed E-state index contributed by atoms with van der Waals surface area (Å²) in [5.41, 5.74) is 6.57. The zero-order chi connectivity index (χ0) is 26.9. The normalized spacial score (nSPS) is 21.9. The number of carbonyl (C=O) groups excluding carboxylic acids is 1. The highest BCUT2D eigenvalue weighted by Crippen LogP contribution is 2.51. The number of amides is 1. The molecule has 1 fully saturated rings. The molecular formula is C34H33N3O2. The number of carbonyl (C=O) groups is 1. The van der Waals surface area contributed by atoms with Gasteiger partial charge in [-0.2, -0.15) is 0 Å². The molecule has 3 atom stereocenters. The molecule has 1 saturated heterocycles. The number of para-hydroxylation sites is 1. The summed E-state index contributed by atoms with van der Waals surface area (Å²) in [6.45, 7) is 0. The van der Waals surface area contributed by atoms with Crippen LogP contribution in [0.2, 0.25) is 0 Å². The predicted molar refractivity (Wildman–Crippen MR) is 156 cm³/mol. The first-order valence-corrected chi connectivity index (χ1v) is 13.4. The second-order valence-electron chi connectivity index (χ2n) is 10.3. The van der Waals surface area contributed by atoms with E-state index >= 15 is 0 Å². The molecule has 196 valence electrons. The lowest BCUT2D eigenvalue weighted by Gasteiger charge is -2.42. The number of fused-ring (bicyclic) bond motifs is 1. The third-order valence-corrected chi connectivity index (χ3v) is 8.11. The summed E-state index contributed by atoms with van der Waals surface area (Å²) in [6, 6.07) is 39.7. The van der Waals surface area contributed by atoms with Crippen molar-refractivity contribution in [3.8, 4) is 0 Å². The van der Waals surface area contributed by atoms with Crippen molar-refractivity contribution in [3.05, 3.63) is 143 Å². The van der Waals surface area contributed by atoms with Crippen molar-refractivity contribution in [3.63, 3.8) is 0 Å². The standard InChI is InChI=1S/C34H33N3O2/c1-35-31(25-17-9-5-10-18-25)32(26-19-11-6-12-20-26)36(2)33(35)28-23-27-21-13-14-22-29(27)37(34(38)39-3)30(28)24-15-7-4-8-16-24/h4-23,30-33H,1-3H3/t30-,31-,32-/m0/s1. The van der Waals surface area contributed by atoms with E-state index in [1.54, 1.807) is 0 Å². The molecule has 2 aliphatic rings. The van der Waals surface area contributed by atoms with Gasteiger partial charge in [0.1, 0.15) is 0 Å². The third kappa shape index (κ3) is 4.34. The molecule has 2 aliphatic heterocycles. The van der Waals surface area contributed by atoms with Crippen LogP contribution in [0.1, 0.15) is 40.4 Å². The van der Waals surface area contributed by atoms with Gasteiger partial charge in [0.05, 0.1) is 37.1 Å². The molecule has 1 amide bonds. The molecule has 39 heavy (non-hydrogen) atoms. The molecular weight excluding hydrogens is 482 g/mol. The zero-order valence-electron chi connectivity index (χ0n) is 22.5. The quantitative estimate of drug-likeness (QED) is 0.291. The van der Waals surface area contributed by atoms with Crippen LogP contribution in [0.4, 0.5) is 10.5 Å². The van der Waals surface area contributed by atoms with Crippen molar-refractivity contribution in [1.82, 2.24) is 9.80 Å². The van der Waals surface area contributed by atoms with E-state index in [1.165, 1.54) is 18.2 Å². The topological polar surface area (TPSA) is 36.0 Å². The van der Waals surface area contributed by atoms with E-state index in [-0.39, 0.29) is 30.4 Å². The minimum atomic E-state index is -0.371. The molecule has 4 aromatic rings. The minimum absolute atomic E-state index is 0.0777. The molecule has 0 aromatic heterocycles. The van der Waals surface area contributed by atoms with Gasteiger partial charge in [-0.15, -0.1) is 0 Å². The lowest BCUT2D eigenvalue weighted by atomic mass is 9.88. The van der Waals surface area contributed by atoms with E-state index in [1.807, 2.05) is 41.3 Å². The van der Waals surface area contributed by atoms with Crippen LogP contribution >= 0.6 is 0 Å². The van der Waals surface area contributed by atoms with Crippen LogP contribution in [-0.2, 0) is 4.74 Å². The van der Waals surface area contributed by atoms with Gasteiger partial charge in [-0.1, -0.05) is 109 Å². The zero-order valence-corrected chi connectivity index (χ0v) is 22.5. The van der Waals surface area contributed by atoms with Gasteiger partial charge in [0.15, 0.2) is 0 Å². The molecule has 2 heterocycles. The van der Waals surface area contributed by atoms with Gasteiger partial charge in [-0.05, 0) is 54.1 Å². The molecule has 0 aliphatic carbocycles. The van der Waals surface area contributed by atoms with E-state index in [2.05, 4.69) is 109 Å². The lowest BCUT2D eigenvalue weighted by molar-refractivity contribution is 0.170. The molecule has 0 unspecified atom stereocenters. The molecule has 0 spiro atoms. The molecule has 4 aromatic carbocycles. The smallest absolute Gasteiger partial charge is 0.414 e. The number of methoxy groups -OCH3 is 1. The first-order chi connectivity index (χ1) is 19.1. The Kier molecular flexibility index (Phi) is 6.77. The van der Waals surface area contributed by atoms with E-state index in [0.717, 1.165) is 22.4 Å². The van der Waals surface area contributed by atoms with Crippen molar-refractivity contribution in [2.75, 3.05) is 26.1 Å². The van der Waals surface area contributed by atoms with Gasteiger partial charge in [0, 0.05) is 0 Å². The Morgan fingerprint density at radius 1 is 0.641 bits per heavy atom. The maximum atomic E-state index is 13.5. The third-order valence-electron chi connectivity index (χ3n) is 8.11. The predicted octanol–water partition coefficient (Wildman–Crippen LogP) is 7.08. The second kappa shape index (κ2) is 10.5. The molecule has 0 radical (unpaired) electrons. The van der Waals surface area contributed by atoms with Crippen molar-refractivity contribution < 1.29 is 9.53 Å². The van der Waals surface area contributed by atoms with Crippen molar-refractivity contribution in [2.45, 2.75) is 24.3 Å². The maximum absolute atomic E-state index is 13.5. The average molecular weight is 516 g/mol. The molecule has 0 bridgehead atoms. The number of hydrogen-bond donors (Lipinski definition) is 0. The summed E-state index contributed by atoms with van der Waals surface area (Å²) in [4.78, 5) is 20.2. The summed E-state index contributed by atoms with van der Waals surface area (Å²) >= 11 is 0. The Balaban J connectivity index is 1.55. The first-order valence-electron chi connectivity index (χ1n) is 13.4. The Morgan fingerprint density at radius 2 is 1.10 bits per heavy atom. The van der Waals surface area contributed by atoms with Gasteiger partial charge in [-0.25, -0.2) is 4.79 Å². The highest BCUT2D eigenvalue weighted by molar-refractivity contribution is 5.95. The van der Waals surface area contributed by atoms with Crippen LogP contribution in [0.3, 0.4) is 0 Å². The molecule has 0 saturated carbocycles. The number of rotatable bonds is 4. The Hall–Kier alpha value is -4.19. The van der Waals surface area contributed by atoms with Crippen molar-refractivity contribution >= 4 is 17.9 Å². The largest absolute Gasteiger partial charge is 0.452 e. The van der Waals surface area contributed by atoms with E-state index in [4.69, 9.17) is 4.74 Å². The van der Waals surface area contributed by atoms with Gasteiger partial charge < -0.3 is 4.74 Å². The number of likely N-dealkylation sites (N-methyl/N-ethyl adjacent to an activating group) is 2. The first kappa shape index (κ1) is 25.1. The highest BCUT2D eigenvalue weighted by atomic mass is 16.5. The minimum Gasteiger partial charge on any atom is -0.452 e. The number of nitrogens with zero attached hydrogens (tertiary/aromatic N) is 3. The van der Waals surface area contributed by atoms with E-state index in [0.29, 0.717) is 0 Å². The van der Waals surface area contributed by atoms with Gasteiger partial charge in [0.25, 0.3) is 0 Å². The number of anilines is 1. The summed E-state index contributed by atoms with van der Waals surface area (Å²) in [6.07, 6.45) is 1.83. The molecule has 6 rings (SSSR count). The van der Waals surface area contributed by atoms with Crippen LogP contribution in [0.25, 0.3) is 6.08 Å². The Labute approximate surface area is 230 Å². The SMILES string of the molecule is COC(=O)N1c2ccccc2C=C(C2N(C)[C@@H](c3ccccc3)[C@H](c3ccccc3)N2C)[C@@H]1c1ccccc1. The highest BCUT2D eigenvalue weighted by Gasteiger charge is 2.49. The lowest BCUT2D eigenvalue weighted by Crippen LogP contribution is -2.46. The Morgan fingerprint density at radius 3 is 1.62 bits per heavy atom. The van der Waals surface area contributed by atoms with Crippen LogP contribution in [0, 0.1) is 0 Å². The molecule has 5 nitrogen and oxygen atoms in total. The van der Waals surface area contributed by atoms with Crippen LogP contribution in [0.5, 0.6) is 0 Å². The average Bonchev–Trinajstić information content (AvgIpc) is 3.26. The van der Waals surface area contributed by atoms with Gasteiger partial charge in [-0.3, -0.25) is 14.7 Å². The fourth-order valence-electron chi connectivity index (χ4n) is 6.51. The monoisotopic (exact) mass is 515 g/mol. The summed E-state index contributed by atoms with van der Waals surface area (Å²) in [5, 5.41) is 0. The second-order valence-corrected chi connectivity index (χ2v) is 10.3. The van der Waals surface area contributed by atoms with Crippen LogP contribution < -0.4 is 4.90 Å². The molecule has 5 heteroatoms. The molecule has 0 N–H and O–H groups in total. The Bertz CT molecular complexity index is 1420. The van der Waals surface area contributed by atoms with Crippen LogP contribution in [0.15, 0.2) is 121 Å². The number of ether oxygens (including phenoxy) is 1. The van der Waals surface area contributed by atoms with Crippen molar-refractivity contribution in [2.24, 2.45) is 0 Å². The van der Waals surface area contributed by atoms with Crippen molar-refractivity contribution in [1.29, 1.82) is 0 Å². The van der Waals surface area contributed by atoms with Gasteiger partial charge >= 0.3 is 6.09 Å². The fraction of sp³-hybridized carbons (Fsp3) is 0.206. The van der Waals surface area contributed by atoms with Gasteiger partial charge in [0.2, 0.25) is 0 Å². The van der Waals surface area contributed by atoms with E-state index < -0.39 is 0 Å². The summed E-state index contributed by atoms with van der Waals surface area (Å²) in [7, 11) is 5.86. The van der Waals surface area contributed by atoms with E-state index in [9.17, 15) is 4.79 Å². The number of benzene rings is 4. The van der Waals surface area contributed by atoms with Crippen LogP contribution in [-0.4, -0.2) is 43.3 Å². The summed E-state index contributed by atoms with van der Waals surface area (Å²) < 4.78 is 5.38. The summed E-state index contributed by atoms with van der Waals surface area (Å²) in [5.74, 6) is 0. The number of hydrogen-bond acceptors (Lipinski definition) is 4.